The van der Waals surface area contributed by atoms with Gasteiger partial charge in [-0.05, 0) is 50.9 Å². The molecule has 2 aromatic rings. The number of aliphatic imine (C=N–C) groups is 1. The average molecular weight is 513 g/mol. The fourth-order valence-corrected chi connectivity index (χ4v) is 4.19. The van der Waals surface area contributed by atoms with Crippen LogP contribution in [0.5, 0.6) is 0 Å². The highest BCUT2D eigenvalue weighted by Crippen LogP contribution is 2.16. The van der Waals surface area contributed by atoms with Gasteiger partial charge in [0.05, 0.1) is 12.2 Å². The number of guanidine groups is 1. The van der Waals surface area contributed by atoms with Crippen molar-refractivity contribution in [3.05, 3.63) is 51.0 Å². The average Bonchev–Trinajstić information content (AvgIpc) is 3.01. The third kappa shape index (κ3) is 7.00. The number of piperidine rings is 1. The van der Waals surface area contributed by atoms with Crippen molar-refractivity contribution in [2.24, 2.45) is 4.99 Å². The summed E-state index contributed by atoms with van der Waals surface area (Å²) in [4.78, 5) is 12.7. The number of hydrogen-bond acceptors (Lipinski definition) is 4. The Kier molecular flexibility index (Phi) is 9.67. The van der Waals surface area contributed by atoms with Crippen molar-refractivity contribution in [1.82, 2.24) is 20.5 Å². The third-order valence-electron chi connectivity index (χ3n) is 5.04. The van der Waals surface area contributed by atoms with E-state index in [9.17, 15) is 0 Å². The Morgan fingerprint density at radius 3 is 2.29 bits per heavy atom. The lowest BCUT2D eigenvalue weighted by Crippen LogP contribution is -2.36. The van der Waals surface area contributed by atoms with E-state index in [0.717, 1.165) is 29.8 Å². The van der Waals surface area contributed by atoms with Crippen LogP contribution in [0.25, 0.3) is 0 Å². The molecule has 28 heavy (non-hydrogen) atoms. The van der Waals surface area contributed by atoms with Crippen molar-refractivity contribution in [1.29, 1.82) is 0 Å². The summed E-state index contributed by atoms with van der Waals surface area (Å²) in [6.45, 7) is 9.18. The van der Waals surface area contributed by atoms with Gasteiger partial charge >= 0.3 is 0 Å². The van der Waals surface area contributed by atoms with E-state index in [2.05, 4.69) is 63.6 Å². The minimum Gasteiger partial charge on any atom is -0.352 e. The van der Waals surface area contributed by atoms with Crippen LogP contribution in [-0.2, 0) is 19.6 Å². The zero-order valence-corrected chi connectivity index (χ0v) is 20.3. The monoisotopic (exact) mass is 513 g/mol. The van der Waals surface area contributed by atoms with Crippen LogP contribution in [0.15, 0.2) is 29.3 Å². The van der Waals surface area contributed by atoms with Gasteiger partial charge in [0.2, 0.25) is 0 Å². The van der Waals surface area contributed by atoms with Crippen LogP contribution in [0.4, 0.5) is 0 Å². The first-order valence-electron chi connectivity index (χ1n) is 9.81. The SMILES string of the molecule is CN=C(NCc1ccc(CN2CCCCC2)cc1)NCc1nc(C)c(C)s1.I. The standard InChI is InChI=1S/C21H31N5S.HI/c1-16-17(2)27-20(25-16)14-24-21(22-3)23-13-18-7-9-19(10-8-18)15-26-11-5-4-6-12-26;/h7-10H,4-6,11-15H2,1-3H3,(H2,22,23,24);1H. The Morgan fingerprint density at radius 1 is 1.04 bits per heavy atom. The van der Waals surface area contributed by atoms with Crippen molar-refractivity contribution in [3.63, 3.8) is 0 Å². The molecule has 154 valence electrons. The molecular formula is C21H32IN5S. The fraction of sp³-hybridized carbons (Fsp3) is 0.524. The zero-order chi connectivity index (χ0) is 19.1. The lowest BCUT2D eigenvalue weighted by molar-refractivity contribution is 0.221. The highest BCUT2D eigenvalue weighted by Gasteiger charge is 2.10. The van der Waals surface area contributed by atoms with Crippen molar-refractivity contribution in [2.45, 2.75) is 52.7 Å². The molecule has 2 heterocycles. The first-order valence-corrected chi connectivity index (χ1v) is 10.6. The van der Waals surface area contributed by atoms with E-state index in [-0.39, 0.29) is 24.0 Å². The minimum atomic E-state index is 0. The highest BCUT2D eigenvalue weighted by atomic mass is 127. The summed E-state index contributed by atoms with van der Waals surface area (Å²) in [5.41, 5.74) is 3.78. The molecule has 1 saturated heterocycles. The number of hydrogen-bond donors (Lipinski definition) is 2. The number of rotatable bonds is 6. The molecule has 7 heteroatoms. The van der Waals surface area contributed by atoms with Crippen LogP contribution >= 0.6 is 35.3 Å². The lowest BCUT2D eigenvalue weighted by Gasteiger charge is -2.26. The number of likely N-dealkylation sites (tertiary alicyclic amines) is 1. The molecule has 1 aromatic heterocycles. The van der Waals surface area contributed by atoms with Gasteiger partial charge in [-0.1, -0.05) is 30.7 Å². The maximum Gasteiger partial charge on any atom is 0.191 e. The van der Waals surface area contributed by atoms with Crippen molar-refractivity contribution in [3.8, 4) is 0 Å². The molecule has 0 spiro atoms. The first kappa shape index (κ1) is 23.1. The smallest absolute Gasteiger partial charge is 0.191 e. The van der Waals surface area contributed by atoms with Gasteiger partial charge in [-0.15, -0.1) is 35.3 Å². The Labute approximate surface area is 190 Å². The fourth-order valence-electron chi connectivity index (χ4n) is 3.32. The second kappa shape index (κ2) is 11.7. The van der Waals surface area contributed by atoms with E-state index in [4.69, 9.17) is 0 Å². The molecule has 0 unspecified atom stereocenters. The van der Waals surface area contributed by atoms with Crippen molar-refractivity contribution in [2.75, 3.05) is 20.1 Å². The van der Waals surface area contributed by atoms with E-state index in [1.165, 1.54) is 48.4 Å². The second-order valence-corrected chi connectivity index (χ2v) is 8.47. The topological polar surface area (TPSA) is 52.6 Å². The van der Waals surface area contributed by atoms with Crippen LogP contribution < -0.4 is 10.6 Å². The molecule has 1 aliphatic rings. The highest BCUT2D eigenvalue weighted by molar-refractivity contribution is 14.0. The van der Waals surface area contributed by atoms with Gasteiger partial charge in [0, 0.05) is 25.0 Å². The molecule has 0 saturated carbocycles. The summed E-state index contributed by atoms with van der Waals surface area (Å²) in [6, 6.07) is 8.94. The van der Waals surface area contributed by atoms with Crippen molar-refractivity contribution >= 4 is 41.3 Å². The summed E-state index contributed by atoms with van der Waals surface area (Å²) in [5.74, 6) is 0.804. The number of aryl methyl sites for hydroxylation is 2. The molecule has 0 bridgehead atoms. The Hall–Kier alpha value is -1.19. The molecule has 0 atom stereocenters. The van der Waals surface area contributed by atoms with E-state index < -0.39 is 0 Å². The number of thiazole rings is 1. The van der Waals surface area contributed by atoms with Crippen molar-refractivity contribution < 1.29 is 0 Å². The Bertz CT molecular complexity index is 731. The maximum atomic E-state index is 4.56. The van der Waals surface area contributed by atoms with Crippen LogP contribution in [0.3, 0.4) is 0 Å². The molecule has 1 aromatic carbocycles. The van der Waals surface area contributed by atoms with Gasteiger partial charge in [-0.25, -0.2) is 4.98 Å². The van der Waals surface area contributed by atoms with Gasteiger partial charge in [0.1, 0.15) is 5.01 Å². The number of nitrogens with zero attached hydrogens (tertiary/aromatic N) is 3. The maximum absolute atomic E-state index is 4.56. The number of halogens is 1. The normalized spacial score (nSPS) is 15.2. The van der Waals surface area contributed by atoms with Gasteiger partial charge in [-0.2, -0.15) is 0 Å². The molecule has 5 nitrogen and oxygen atoms in total. The summed E-state index contributed by atoms with van der Waals surface area (Å²) in [6.07, 6.45) is 4.07. The van der Waals surface area contributed by atoms with E-state index >= 15 is 0 Å². The number of nitrogens with one attached hydrogen (secondary N) is 2. The third-order valence-corrected chi connectivity index (χ3v) is 6.11. The van der Waals surface area contributed by atoms with Crippen LogP contribution in [-0.4, -0.2) is 36.0 Å². The van der Waals surface area contributed by atoms with Crippen LogP contribution in [0.1, 0.15) is 46.0 Å². The second-order valence-electron chi connectivity index (χ2n) is 7.18. The molecule has 0 aliphatic carbocycles. The molecule has 3 rings (SSSR count). The van der Waals surface area contributed by atoms with Crippen LogP contribution in [0, 0.1) is 13.8 Å². The van der Waals surface area contributed by atoms with E-state index in [1.807, 2.05) is 0 Å². The zero-order valence-electron chi connectivity index (χ0n) is 17.1. The molecule has 2 N–H and O–H groups in total. The molecule has 0 amide bonds. The quantitative estimate of drug-likeness (QED) is 0.345. The number of benzene rings is 1. The Morgan fingerprint density at radius 2 is 1.68 bits per heavy atom. The van der Waals surface area contributed by atoms with Crippen LogP contribution in [0.2, 0.25) is 0 Å². The van der Waals surface area contributed by atoms with Gasteiger partial charge in [-0.3, -0.25) is 9.89 Å². The van der Waals surface area contributed by atoms with E-state index in [1.54, 1.807) is 18.4 Å². The summed E-state index contributed by atoms with van der Waals surface area (Å²) >= 11 is 1.74. The molecule has 1 aliphatic heterocycles. The van der Waals surface area contributed by atoms with Gasteiger partial charge in [0.15, 0.2) is 5.96 Å². The summed E-state index contributed by atoms with van der Waals surface area (Å²) in [7, 11) is 1.80. The molecule has 0 radical (unpaired) electrons. The number of aromatic nitrogens is 1. The Balaban J connectivity index is 0.00000280. The van der Waals surface area contributed by atoms with Gasteiger partial charge < -0.3 is 10.6 Å². The predicted octanol–water partition coefficient (Wildman–Crippen LogP) is 4.23. The molecular weight excluding hydrogens is 481 g/mol. The largest absolute Gasteiger partial charge is 0.352 e. The lowest BCUT2D eigenvalue weighted by atomic mass is 10.1. The molecule has 1 fully saturated rings. The minimum absolute atomic E-state index is 0. The summed E-state index contributed by atoms with van der Waals surface area (Å²) < 4.78 is 0. The summed E-state index contributed by atoms with van der Waals surface area (Å²) in [5, 5.41) is 7.82. The predicted molar refractivity (Wildman–Crippen MR) is 130 cm³/mol. The van der Waals surface area contributed by atoms with E-state index in [0.29, 0.717) is 6.54 Å². The van der Waals surface area contributed by atoms with Gasteiger partial charge in [0.25, 0.3) is 0 Å². The first-order chi connectivity index (χ1) is 13.1.